The number of nitrogens with zero attached hydrogens (tertiary/aromatic N) is 6. The largest absolute Gasteiger partial charge is 0.496 e. The Morgan fingerprint density at radius 3 is 2.44 bits per heavy atom. The van der Waals surface area contributed by atoms with Gasteiger partial charge in [-0.3, -0.25) is 14.3 Å². The highest BCUT2D eigenvalue weighted by molar-refractivity contribution is 6.05. The number of piperazine rings is 1. The summed E-state index contributed by atoms with van der Waals surface area (Å²) in [4.78, 5) is 35.7. The molecule has 1 fully saturated rings. The lowest BCUT2D eigenvalue weighted by atomic mass is 9.93. The number of ether oxygens (including phenoxy) is 2. The minimum Gasteiger partial charge on any atom is -0.496 e. The Morgan fingerprint density at radius 2 is 1.68 bits per heavy atom. The molecule has 0 spiro atoms. The van der Waals surface area contributed by atoms with E-state index in [1.54, 1.807) is 52.2 Å². The van der Waals surface area contributed by atoms with Crippen molar-refractivity contribution in [1.29, 1.82) is 0 Å². The standard InChI is InChI=1S/C37H37F2N7O4/c1-49-32-8-4-3-7-26(32)28-21-27(24-6-5-13-45(23-24)34(47)11-14-46-15-12-40-42-46)35(39)36-29(28)22-30(41-36)37(48)44-18-16-43(17-19-44)31-10-9-25(38)20-33(31)50-2/h3-4,6-10,12,15,20-22,41H,5,11,13-14,16-19,23H2,1-2H3. The van der Waals surface area contributed by atoms with Crippen LogP contribution in [0.4, 0.5) is 14.5 Å². The molecule has 0 radical (unpaired) electrons. The lowest BCUT2D eigenvalue weighted by molar-refractivity contribution is -0.131. The summed E-state index contributed by atoms with van der Waals surface area (Å²) in [7, 11) is 3.08. The molecule has 1 saturated heterocycles. The molecule has 1 N–H and O–H groups in total. The molecule has 258 valence electrons. The first kappa shape index (κ1) is 32.8. The second-order valence-corrected chi connectivity index (χ2v) is 12.3. The fraction of sp³-hybridized carbons (Fsp3) is 0.297. The predicted molar refractivity (Wildman–Crippen MR) is 185 cm³/mol. The van der Waals surface area contributed by atoms with Crippen LogP contribution >= 0.6 is 0 Å². The van der Waals surface area contributed by atoms with Crippen molar-refractivity contribution in [2.24, 2.45) is 0 Å². The second-order valence-electron chi connectivity index (χ2n) is 12.3. The molecule has 2 aromatic heterocycles. The molecule has 50 heavy (non-hydrogen) atoms. The van der Waals surface area contributed by atoms with E-state index in [-0.39, 0.29) is 41.8 Å². The van der Waals surface area contributed by atoms with Crippen molar-refractivity contribution in [3.63, 3.8) is 0 Å². The smallest absolute Gasteiger partial charge is 0.270 e. The molecule has 5 aromatic rings. The number of carbonyl (C=O) groups excluding carboxylic acids is 2. The molecule has 13 heteroatoms. The molecule has 2 amide bonds. The quantitative estimate of drug-likeness (QED) is 0.222. The minimum absolute atomic E-state index is 0.0525. The number of anilines is 1. The monoisotopic (exact) mass is 681 g/mol. The highest BCUT2D eigenvalue weighted by Gasteiger charge is 2.28. The van der Waals surface area contributed by atoms with Gasteiger partial charge in [-0.25, -0.2) is 8.78 Å². The van der Waals surface area contributed by atoms with Gasteiger partial charge >= 0.3 is 0 Å². The molecule has 0 atom stereocenters. The lowest BCUT2D eigenvalue weighted by Crippen LogP contribution is -2.49. The van der Waals surface area contributed by atoms with Crippen LogP contribution in [-0.2, 0) is 11.3 Å². The number of hydrogen-bond donors (Lipinski definition) is 1. The molecule has 0 saturated carbocycles. The number of fused-ring (bicyclic) bond motifs is 1. The number of aromatic amines is 1. The van der Waals surface area contributed by atoms with Crippen LogP contribution in [0.3, 0.4) is 0 Å². The normalized spacial score (nSPS) is 15.0. The number of amides is 2. The van der Waals surface area contributed by atoms with Crippen LogP contribution in [-0.4, -0.2) is 95.1 Å². The molecular formula is C37H37F2N7O4. The Bertz CT molecular complexity index is 2070. The van der Waals surface area contributed by atoms with Crippen LogP contribution in [0.2, 0.25) is 0 Å². The number of aryl methyl sites for hydroxylation is 1. The van der Waals surface area contributed by atoms with Crippen molar-refractivity contribution in [3.8, 4) is 22.6 Å². The van der Waals surface area contributed by atoms with Gasteiger partial charge in [0.2, 0.25) is 5.91 Å². The number of carbonyl (C=O) groups is 2. The van der Waals surface area contributed by atoms with Gasteiger partial charge in [0.15, 0.2) is 5.82 Å². The molecule has 7 rings (SSSR count). The van der Waals surface area contributed by atoms with E-state index in [9.17, 15) is 14.0 Å². The van der Waals surface area contributed by atoms with Gasteiger partial charge < -0.3 is 29.2 Å². The van der Waals surface area contributed by atoms with Crippen LogP contribution < -0.4 is 14.4 Å². The first-order valence-corrected chi connectivity index (χ1v) is 16.5. The lowest BCUT2D eigenvalue weighted by Gasteiger charge is -2.36. The molecule has 0 unspecified atom stereocenters. The summed E-state index contributed by atoms with van der Waals surface area (Å²) in [5.74, 6) is -0.137. The van der Waals surface area contributed by atoms with E-state index in [2.05, 4.69) is 20.2 Å². The van der Waals surface area contributed by atoms with E-state index in [1.165, 1.54) is 19.2 Å². The van der Waals surface area contributed by atoms with Crippen LogP contribution in [0.1, 0.15) is 28.9 Å². The average Bonchev–Trinajstić information content (AvgIpc) is 3.85. The zero-order chi connectivity index (χ0) is 34.8. The summed E-state index contributed by atoms with van der Waals surface area (Å²) in [6, 6.07) is 15.4. The van der Waals surface area contributed by atoms with Crippen LogP contribution in [0.5, 0.6) is 11.5 Å². The van der Waals surface area contributed by atoms with Crippen molar-refractivity contribution in [2.45, 2.75) is 19.4 Å². The van der Waals surface area contributed by atoms with Crippen molar-refractivity contribution >= 4 is 34.0 Å². The Labute approximate surface area is 287 Å². The van der Waals surface area contributed by atoms with E-state index < -0.39 is 5.82 Å². The summed E-state index contributed by atoms with van der Waals surface area (Å²) < 4.78 is 43.1. The zero-order valence-corrected chi connectivity index (χ0v) is 27.9. The summed E-state index contributed by atoms with van der Waals surface area (Å²) >= 11 is 0. The van der Waals surface area contributed by atoms with E-state index >= 15 is 4.39 Å². The maximum Gasteiger partial charge on any atom is 0.270 e. The number of rotatable bonds is 9. The van der Waals surface area contributed by atoms with Gasteiger partial charge in [-0.05, 0) is 47.9 Å². The number of H-pyrrole nitrogens is 1. The summed E-state index contributed by atoms with van der Waals surface area (Å²) in [5, 5.41) is 8.27. The summed E-state index contributed by atoms with van der Waals surface area (Å²) in [5.41, 5.74) is 3.73. The van der Waals surface area contributed by atoms with Crippen LogP contribution in [0, 0.1) is 11.6 Å². The molecule has 4 heterocycles. The Kier molecular flexibility index (Phi) is 9.20. The van der Waals surface area contributed by atoms with Gasteiger partial charge in [0.05, 0.1) is 38.2 Å². The van der Waals surface area contributed by atoms with Gasteiger partial charge in [-0.1, -0.05) is 29.5 Å². The molecule has 11 nitrogen and oxygen atoms in total. The maximum atomic E-state index is 16.7. The van der Waals surface area contributed by atoms with Crippen molar-refractivity contribution in [3.05, 3.63) is 96.0 Å². The third-order valence-electron chi connectivity index (χ3n) is 9.41. The fourth-order valence-corrected chi connectivity index (χ4v) is 6.80. The maximum absolute atomic E-state index is 16.7. The Balaban J connectivity index is 1.18. The zero-order valence-electron chi connectivity index (χ0n) is 27.9. The SMILES string of the molecule is COc1ccccc1-c1cc(C2=CCCN(C(=O)CCn3ccnn3)C2)c(F)c2[nH]c(C(=O)N3CCN(c4ccc(F)cc4OC)CC3)cc12. The third-order valence-corrected chi connectivity index (χ3v) is 9.41. The van der Waals surface area contributed by atoms with E-state index in [0.717, 1.165) is 11.3 Å². The number of para-hydroxylation sites is 1. The van der Waals surface area contributed by atoms with Crippen LogP contribution in [0.15, 0.2) is 73.1 Å². The Hall–Kier alpha value is -5.72. The van der Waals surface area contributed by atoms with E-state index in [1.807, 2.05) is 30.3 Å². The van der Waals surface area contributed by atoms with Gasteiger partial charge in [0.1, 0.15) is 23.0 Å². The molecule has 2 aliphatic rings. The van der Waals surface area contributed by atoms with Crippen molar-refractivity contribution < 1.29 is 27.8 Å². The fourth-order valence-electron chi connectivity index (χ4n) is 6.80. The molecular weight excluding hydrogens is 644 g/mol. The minimum atomic E-state index is -0.492. The molecule has 3 aromatic carbocycles. The highest BCUT2D eigenvalue weighted by Crippen LogP contribution is 2.40. The van der Waals surface area contributed by atoms with E-state index in [4.69, 9.17) is 9.47 Å². The number of aromatic nitrogens is 4. The first-order chi connectivity index (χ1) is 24.3. The number of nitrogens with one attached hydrogen (secondary N) is 1. The Morgan fingerprint density at radius 1 is 0.880 bits per heavy atom. The molecule has 0 bridgehead atoms. The van der Waals surface area contributed by atoms with Gasteiger partial charge in [-0.15, -0.1) is 5.10 Å². The number of benzene rings is 3. The number of halogens is 2. The van der Waals surface area contributed by atoms with E-state index in [0.29, 0.717) is 79.3 Å². The van der Waals surface area contributed by atoms with Gasteiger partial charge in [-0.2, -0.15) is 0 Å². The van der Waals surface area contributed by atoms with Gasteiger partial charge in [0.25, 0.3) is 5.91 Å². The van der Waals surface area contributed by atoms with Crippen LogP contribution in [0.25, 0.3) is 27.6 Å². The van der Waals surface area contributed by atoms with Crippen molar-refractivity contribution in [2.75, 3.05) is 58.4 Å². The average molecular weight is 682 g/mol. The number of hydrogen-bond acceptors (Lipinski definition) is 7. The topological polar surface area (TPSA) is 109 Å². The summed E-state index contributed by atoms with van der Waals surface area (Å²) in [6.45, 7) is 3.04. The predicted octanol–water partition coefficient (Wildman–Crippen LogP) is 5.39. The number of methoxy groups -OCH3 is 2. The molecule has 2 aliphatic heterocycles. The third kappa shape index (κ3) is 6.38. The molecule has 0 aliphatic carbocycles. The highest BCUT2D eigenvalue weighted by atomic mass is 19.1. The summed E-state index contributed by atoms with van der Waals surface area (Å²) in [6.07, 6.45) is 6.08. The second kappa shape index (κ2) is 14.0. The first-order valence-electron chi connectivity index (χ1n) is 16.5. The van der Waals surface area contributed by atoms with Gasteiger partial charge in [0, 0.05) is 74.5 Å². The van der Waals surface area contributed by atoms with Crippen molar-refractivity contribution in [1.82, 2.24) is 29.8 Å².